The number of fused-ring (bicyclic) bond motifs is 2. The maximum atomic E-state index is 12.7. The molecule has 1 aliphatic rings. The zero-order valence-electron chi connectivity index (χ0n) is 90.4. The number of hydrogen-bond acceptors (Lipinski definition) is 18. The van der Waals surface area contributed by atoms with Crippen molar-refractivity contribution in [3.05, 3.63) is 380 Å². The van der Waals surface area contributed by atoms with Gasteiger partial charge in [0.1, 0.15) is 62.5 Å². The number of thioether (sulfide) groups is 2. The highest BCUT2D eigenvalue weighted by molar-refractivity contribution is 8.00. The quantitative estimate of drug-likeness (QED) is 0.0222. The Morgan fingerprint density at radius 3 is 0.646 bits per heavy atom. The predicted octanol–water partition coefficient (Wildman–Crippen LogP) is 26.5. The summed E-state index contributed by atoms with van der Waals surface area (Å²) in [6.07, 6.45) is 2.81. The summed E-state index contributed by atoms with van der Waals surface area (Å²) in [5.41, 5.74) is 18.7. The molecule has 784 valence electrons. The monoisotopic (exact) mass is 2030 g/mol. The maximum Gasteiger partial charge on any atom is 0.315 e. The normalized spacial score (nSPS) is 13.7. The minimum atomic E-state index is -0.598. The van der Waals surface area contributed by atoms with Crippen LogP contribution in [0.2, 0.25) is 0 Å². The van der Waals surface area contributed by atoms with Crippen LogP contribution in [0.25, 0.3) is 0 Å². The Balaban J connectivity index is 0.000000507. The molecule has 19 heteroatoms. The molecule has 12 aromatic rings. The molecule has 0 saturated heterocycles. The minimum absolute atomic E-state index is 0.0219. The summed E-state index contributed by atoms with van der Waals surface area (Å²) in [7, 11) is 0. The number of rotatable bonds is 36. The van der Waals surface area contributed by atoms with E-state index in [0.29, 0.717) is 166 Å². The lowest BCUT2D eigenvalue weighted by atomic mass is 9.64. The van der Waals surface area contributed by atoms with Gasteiger partial charge in [-0.1, -0.05) is 319 Å². The Morgan fingerprint density at radius 2 is 0.429 bits per heavy atom. The van der Waals surface area contributed by atoms with Crippen molar-refractivity contribution < 1.29 is 81.2 Å². The molecule has 1 aliphatic heterocycles. The van der Waals surface area contributed by atoms with Gasteiger partial charge in [-0.3, -0.25) is 9.59 Å². The highest BCUT2D eigenvalue weighted by Crippen LogP contribution is 2.50. The van der Waals surface area contributed by atoms with Crippen LogP contribution >= 0.6 is 23.5 Å². The lowest BCUT2D eigenvalue weighted by molar-refractivity contribution is -0.686. The summed E-state index contributed by atoms with van der Waals surface area (Å²) >= 11 is 3.14. The van der Waals surface area contributed by atoms with E-state index in [4.69, 9.17) is 66.3 Å². The number of quaternary nitrogens is 1. The van der Waals surface area contributed by atoms with E-state index in [-0.39, 0.29) is 44.4 Å². The third kappa shape index (κ3) is 34.8. The second kappa shape index (κ2) is 55.7. The largest absolute Gasteiger partial charge is 0.494 e. The summed E-state index contributed by atoms with van der Waals surface area (Å²) in [5, 5.41) is 2.27. The minimum Gasteiger partial charge on any atom is -0.494 e. The summed E-state index contributed by atoms with van der Waals surface area (Å²) in [6, 6.07) is 104. The Morgan fingerprint density at radius 1 is 0.238 bits per heavy atom. The van der Waals surface area contributed by atoms with Gasteiger partial charge in [-0.25, -0.2) is 0 Å². The average Bonchev–Trinajstić information content (AvgIpc) is 0.730. The number of esters is 2. The smallest absolute Gasteiger partial charge is 0.315 e. The molecule has 0 saturated carbocycles. The van der Waals surface area contributed by atoms with Crippen LogP contribution in [-0.4, -0.2) is 154 Å². The zero-order chi connectivity index (χ0) is 105. The van der Waals surface area contributed by atoms with E-state index in [1.54, 1.807) is 23.5 Å². The van der Waals surface area contributed by atoms with Gasteiger partial charge in [0, 0.05) is 24.0 Å². The molecule has 12 aromatic carbocycles. The third-order valence-electron chi connectivity index (χ3n) is 26.2. The molecule has 0 fully saturated rings. The highest BCUT2D eigenvalue weighted by Gasteiger charge is 2.42. The first-order valence-corrected chi connectivity index (χ1v) is 54.7. The fraction of sp³-hybridized carbons (Fsp3) is 0.422. The van der Waals surface area contributed by atoms with Gasteiger partial charge in [0.05, 0.1) is 115 Å². The molecule has 0 aliphatic carbocycles. The van der Waals surface area contributed by atoms with Crippen LogP contribution in [0, 0.1) is 0 Å². The fourth-order valence-corrected chi connectivity index (χ4v) is 19.0. The van der Waals surface area contributed by atoms with Crippen molar-refractivity contribution in [2.75, 3.05) is 142 Å². The van der Waals surface area contributed by atoms with Gasteiger partial charge < -0.3 is 71.6 Å². The Bertz CT molecular complexity index is 5190. The van der Waals surface area contributed by atoms with Crippen LogP contribution < -0.4 is 43.2 Å². The molecule has 0 unspecified atom stereocenters. The van der Waals surface area contributed by atoms with Crippen LogP contribution in [-0.2, 0) is 94.4 Å². The number of ether oxygens (including phenoxy) is 14. The van der Waals surface area contributed by atoms with Crippen molar-refractivity contribution in [2.45, 2.75) is 207 Å². The van der Waals surface area contributed by atoms with E-state index in [1.165, 1.54) is 89.0 Å². The van der Waals surface area contributed by atoms with Crippen molar-refractivity contribution in [3.8, 4) is 46.0 Å². The van der Waals surface area contributed by atoms with Crippen LogP contribution in [0.15, 0.2) is 291 Å². The standard InChI is InChI=1S/C104H127NO8S2.C24H32O8/c1-97(2,3)77-27-39-83(40-28-77)103(84-41-29-78(30-42-84)98(4,5)6,85-43-31-79(32-44-85)99(7,8)9)89-51-59-93(60-52-89)110-67-21-69-114-73-95(106)112-65-19-63-108-91-55-23-75(24-56-91)71-105-72-76-25-57-92(58-26-76)109-64-20-66-113-96(107)74-115-70-22-68-111-94-61-53-90(54-62-94)104(86-45-33-80(34-46-86)100(10,11)12,87-47-35-81(36-48-87)101(13,14)15)88-49-37-82(38-50-88)102(16,17)18;1-2-6-22-21(5-1)29-17-13-25-9-10-27-15-19-31-23-7-3-4-8-24(23)32-20-16-28-12-11-26-14-18-30-22/h23-62,105H,19-22,63-74H2,1-18H3;1-8H,9-20H2/p+1. The molecule has 0 atom stereocenters. The molecule has 2 N–H and O–H groups in total. The van der Waals surface area contributed by atoms with Crippen LogP contribution in [0.4, 0.5) is 0 Å². The molecule has 0 radical (unpaired) electrons. The van der Waals surface area contributed by atoms with Gasteiger partial charge in [-0.15, -0.1) is 0 Å². The topological polar surface area (TPSA) is 180 Å². The predicted molar refractivity (Wildman–Crippen MR) is 599 cm³/mol. The summed E-state index contributed by atoms with van der Waals surface area (Å²) in [4.78, 5) is 25.3. The first-order valence-electron chi connectivity index (χ1n) is 52.4. The SMILES string of the molecule is CC(C)(C)c1ccc(C(c2ccc(OCCCSCC(=O)OCCCOc3ccc(C[NH2+]Cc4ccc(OCCCOC(=O)CSCCCOc5ccc(C(c6ccc(C(C)(C)C)cc6)(c6ccc(C(C)(C)C)cc6)c6ccc(C(C)(C)C)cc6)cc5)cc4)cc3)cc2)(c2ccc(C(C)(C)C)cc2)c2ccc(C(C)(C)C)cc2)cc1.c1ccc2c(c1)OCCOCCOCCOc1ccccc1OCCOCCOCCO2. The van der Waals surface area contributed by atoms with Crippen molar-refractivity contribution >= 4 is 35.5 Å². The van der Waals surface area contributed by atoms with Gasteiger partial charge in [0.25, 0.3) is 0 Å². The zero-order valence-corrected chi connectivity index (χ0v) is 92.1. The number of nitrogens with two attached hydrogens (primary N) is 1. The molecule has 0 amide bonds. The molecule has 13 rings (SSSR count). The number of carbonyl (C=O) groups is 2. The van der Waals surface area contributed by atoms with E-state index in [2.05, 4.69) is 348 Å². The molecule has 0 bridgehead atoms. The lowest BCUT2D eigenvalue weighted by Gasteiger charge is -2.38. The molecule has 0 aromatic heterocycles. The Hall–Kier alpha value is -11.5. The number of benzene rings is 12. The van der Waals surface area contributed by atoms with E-state index < -0.39 is 10.8 Å². The van der Waals surface area contributed by atoms with E-state index >= 15 is 0 Å². The van der Waals surface area contributed by atoms with Crippen molar-refractivity contribution in [1.82, 2.24) is 0 Å². The van der Waals surface area contributed by atoms with Crippen molar-refractivity contribution in [2.24, 2.45) is 0 Å². The fourth-order valence-electron chi connectivity index (χ4n) is 17.6. The summed E-state index contributed by atoms with van der Waals surface area (Å²) in [6.45, 7) is 50.6. The number of carbonyl (C=O) groups excluding carboxylic acids is 2. The first-order chi connectivity index (χ1) is 70.5. The van der Waals surface area contributed by atoms with Crippen LogP contribution in [0.3, 0.4) is 0 Å². The highest BCUT2D eigenvalue weighted by atomic mass is 32.2. The Labute approximate surface area is 885 Å². The molecular formula is C128H160NO16S2+. The lowest BCUT2D eigenvalue weighted by Crippen LogP contribution is -2.80. The van der Waals surface area contributed by atoms with E-state index in [1.807, 2.05) is 72.8 Å². The molecule has 0 spiro atoms. The Kier molecular flexibility index (Phi) is 43.2. The maximum absolute atomic E-state index is 12.7. The van der Waals surface area contributed by atoms with Gasteiger partial charge in [-0.05, 0) is 232 Å². The van der Waals surface area contributed by atoms with Crippen LogP contribution in [0.5, 0.6) is 46.0 Å². The molecule has 17 nitrogen and oxygen atoms in total. The van der Waals surface area contributed by atoms with Gasteiger partial charge >= 0.3 is 11.9 Å². The molecular weight excluding hydrogens is 1870 g/mol. The summed E-state index contributed by atoms with van der Waals surface area (Å²) in [5.74, 6) is 7.66. The van der Waals surface area contributed by atoms with Gasteiger partial charge in [0.15, 0.2) is 23.0 Å². The van der Waals surface area contributed by atoms with Crippen LogP contribution in [0.1, 0.15) is 239 Å². The van der Waals surface area contributed by atoms with Gasteiger partial charge in [-0.2, -0.15) is 23.5 Å². The first kappa shape index (κ1) is 114. The number of para-hydroxylation sites is 4. The van der Waals surface area contributed by atoms with E-state index in [9.17, 15) is 9.59 Å². The molecule has 1 heterocycles. The van der Waals surface area contributed by atoms with Gasteiger partial charge in [0.2, 0.25) is 0 Å². The average molecular weight is 2030 g/mol. The van der Waals surface area contributed by atoms with Crippen molar-refractivity contribution in [3.63, 3.8) is 0 Å². The summed E-state index contributed by atoms with van der Waals surface area (Å²) < 4.78 is 81.1. The molecule has 147 heavy (non-hydrogen) atoms. The number of hydrogen-bond donors (Lipinski definition) is 1. The second-order valence-corrected chi connectivity index (χ2v) is 45.8. The van der Waals surface area contributed by atoms with Crippen molar-refractivity contribution in [1.29, 1.82) is 0 Å². The third-order valence-corrected chi connectivity index (χ3v) is 28.2. The van der Waals surface area contributed by atoms with E-state index in [0.717, 1.165) is 60.4 Å². The second-order valence-electron chi connectivity index (χ2n) is 43.6.